The molecular formula is C27H27N3O4. The number of aryl methyl sites for hydroxylation is 1. The molecule has 0 saturated carbocycles. The lowest BCUT2D eigenvalue weighted by atomic mass is 10.1. The molecular weight excluding hydrogens is 430 g/mol. The van der Waals surface area contributed by atoms with Crippen LogP contribution in [0.5, 0.6) is 5.75 Å². The van der Waals surface area contributed by atoms with E-state index in [0.717, 1.165) is 18.2 Å². The van der Waals surface area contributed by atoms with Gasteiger partial charge in [-0.05, 0) is 60.5 Å². The van der Waals surface area contributed by atoms with Gasteiger partial charge in [0.1, 0.15) is 17.9 Å². The van der Waals surface area contributed by atoms with Crippen molar-refractivity contribution in [2.45, 2.75) is 19.8 Å². The number of hydrogen-bond acceptors (Lipinski definition) is 5. The van der Waals surface area contributed by atoms with Crippen molar-refractivity contribution in [1.29, 1.82) is 0 Å². The van der Waals surface area contributed by atoms with E-state index in [9.17, 15) is 9.59 Å². The second-order valence-corrected chi connectivity index (χ2v) is 7.86. The molecule has 0 spiro atoms. The van der Waals surface area contributed by atoms with Gasteiger partial charge in [-0.1, -0.05) is 37.6 Å². The maximum Gasteiger partial charge on any atom is 0.287 e. The van der Waals surface area contributed by atoms with Crippen molar-refractivity contribution in [2.24, 2.45) is 0 Å². The van der Waals surface area contributed by atoms with Crippen LogP contribution in [-0.4, -0.2) is 25.0 Å². The van der Waals surface area contributed by atoms with Gasteiger partial charge in [0.25, 0.3) is 11.8 Å². The lowest BCUT2D eigenvalue weighted by Gasteiger charge is -2.09. The number of amides is 2. The highest BCUT2D eigenvalue weighted by Gasteiger charge is 2.14. The average molecular weight is 458 g/mol. The van der Waals surface area contributed by atoms with E-state index in [1.807, 2.05) is 12.1 Å². The van der Waals surface area contributed by atoms with E-state index in [-0.39, 0.29) is 24.2 Å². The number of para-hydroxylation sites is 2. The number of anilines is 2. The fourth-order valence-electron chi connectivity index (χ4n) is 3.65. The summed E-state index contributed by atoms with van der Waals surface area (Å²) in [6.07, 6.45) is 1.96. The Morgan fingerprint density at radius 1 is 0.971 bits per heavy atom. The Morgan fingerprint density at radius 2 is 1.76 bits per heavy atom. The summed E-state index contributed by atoms with van der Waals surface area (Å²) in [6, 6.07) is 21.5. The number of ether oxygens (including phenoxy) is 1. The molecule has 0 aliphatic carbocycles. The minimum absolute atomic E-state index is 0.260. The van der Waals surface area contributed by atoms with Crippen LogP contribution in [0.15, 0.2) is 77.2 Å². The van der Waals surface area contributed by atoms with Gasteiger partial charge in [0.2, 0.25) is 0 Å². The Kier molecular flexibility index (Phi) is 7.13. The van der Waals surface area contributed by atoms with Crippen molar-refractivity contribution in [3.05, 3.63) is 89.7 Å². The molecule has 4 aromatic rings. The molecule has 3 aromatic carbocycles. The Morgan fingerprint density at radius 3 is 2.53 bits per heavy atom. The highest BCUT2D eigenvalue weighted by Crippen LogP contribution is 2.24. The molecule has 1 aromatic heterocycles. The topological polar surface area (TPSA) is 107 Å². The summed E-state index contributed by atoms with van der Waals surface area (Å²) in [7, 11) is 0. The van der Waals surface area contributed by atoms with Crippen LogP contribution in [0, 0.1) is 0 Å². The van der Waals surface area contributed by atoms with E-state index in [1.165, 1.54) is 5.56 Å². The largest absolute Gasteiger partial charge is 0.492 e. The first-order valence-electron chi connectivity index (χ1n) is 11.2. The van der Waals surface area contributed by atoms with Crippen LogP contribution in [0.2, 0.25) is 0 Å². The van der Waals surface area contributed by atoms with Gasteiger partial charge in [0.15, 0.2) is 5.76 Å². The first-order chi connectivity index (χ1) is 16.5. The van der Waals surface area contributed by atoms with Crippen molar-refractivity contribution in [2.75, 3.05) is 24.2 Å². The van der Waals surface area contributed by atoms with E-state index in [2.05, 4.69) is 23.6 Å². The number of fused-ring (bicyclic) bond motifs is 1. The van der Waals surface area contributed by atoms with Gasteiger partial charge in [0.05, 0.1) is 17.9 Å². The summed E-state index contributed by atoms with van der Waals surface area (Å²) in [5.41, 5.74) is 9.30. The third kappa shape index (κ3) is 5.38. The fourth-order valence-corrected chi connectivity index (χ4v) is 3.65. The maximum absolute atomic E-state index is 12.5. The molecule has 0 unspecified atom stereocenters. The van der Waals surface area contributed by atoms with Gasteiger partial charge < -0.3 is 25.5 Å². The second-order valence-electron chi connectivity index (χ2n) is 7.86. The molecule has 1 heterocycles. The van der Waals surface area contributed by atoms with Crippen molar-refractivity contribution in [3.63, 3.8) is 0 Å². The number of carbonyl (C=O) groups is 2. The predicted octanol–water partition coefficient (Wildman–Crippen LogP) is 5.03. The monoisotopic (exact) mass is 457 g/mol. The van der Waals surface area contributed by atoms with Crippen molar-refractivity contribution in [3.8, 4) is 5.75 Å². The standard InChI is InChI=1S/C27H27N3O4/c1-2-6-18-7-5-10-24-21(18)17-25(34-24)27(32)29-15-16-33-20-13-11-19(12-14-20)26(31)30-23-9-4-3-8-22(23)28/h3-5,7-14,17H,2,6,15-16,28H2,1H3,(H,29,32)(H,30,31). The van der Waals surface area contributed by atoms with E-state index in [4.69, 9.17) is 14.9 Å². The third-order valence-electron chi connectivity index (χ3n) is 5.38. The van der Waals surface area contributed by atoms with Crippen LogP contribution in [0.4, 0.5) is 11.4 Å². The smallest absolute Gasteiger partial charge is 0.287 e. The highest BCUT2D eigenvalue weighted by atomic mass is 16.5. The minimum atomic E-state index is -0.283. The summed E-state index contributed by atoms with van der Waals surface area (Å²) in [5.74, 6) is 0.338. The van der Waals surface area contributed by atoms with Crippen molar-refractivity contribution >= 4 is 34.2 Å². The Labute approximate surface area is 197 Å². The molecule has 0 aliphatic rings. The summed E-state index contributed by atoms with van der Waals surface area (Å²) < 4.78 is 11.4. The number of furan rings is 1. The predicted molar refractivity (Wildman–Crippen MR) is 133 cm³/mol. The van der Waals surface area contributed by atoms with Crippen LogP contribution in [-0.2, 0) is 6.42 Å². The number of nitrogens with two attached hydrogens (primary N) is 1. The SMILES string of the molecule is CCCc1cccc2oc(C(=O)NCCOc3ccc(C(=O)Nc4ccccc4N)cc3)cc12. The van der Waals surface area contributed by atoms with Gasteiger partial charge >= 0.3 is 0 Å². The Hall–Kier alpha value is -4.26. The van der Waals surface area contributed by atoms with Crippen molar-refractivity contribution < 1.29 is 18.7 Å². The highest BCUT2D eigenvalue weighted by molar-refractivity contribution is 6.05. The molecule has 4 N–H and O–H groups in total. The van der Waals surface area contributed by atoms with Gasteiger partial charge in [-0.2, -0.15) is 0 Å². The molecule has 0 aliphatic heterocycles. The first-order valence-corrected chi connectivity index (χ1v) is 11.2. The zero-order valence-electron chi connectivity index (χ0n) is 19.0. The Balaban J connectivity index is 1.26. The van der Waals surface area contributed by atoms with Crippen LogP contribution in [0.3, 0.4) is 0 Å². The first kappa shape index (κ1) is 22.9. The molecule has 0 atom stereocenters. The summed E-state index contributed by atoms with van der Waals surface area (Å²) in [5, 5.41) is 6.57. The minimum Gasteiger partial charge on any atom is -0.492 e. The number of hydrogen-bond donors (Lipinski definition) is 3. The number of rotatable bonds is 9. The average Bonchev–Trinajstić information content (AvgIpc) is 3.29. The molecule has 174 valence electrons. The van der Waals surface area contributed by atoms with Crippen molar-refractivity contribution in [1.82, 2.24) is 5.32 Å². The maximum atomic E-state index is 12.5. The van der Waals surface area contributed by atoms with Crippen LogP contribution in [0.1, 0.15) is 39.8 Å². The van der Waals surface area contributed by atoms with Gasteiger partial charge in [0, 0.05) is 10.9 Å². The zero-order chi connectivity index (χ0) is 23.9. The van der Waals surface area contributed by atoms with Crippen LogP contribution in [0.25, 0.3) is 11.0 Å². The van der Waals surface area contributed by atoms with Gasteiger partial charge in [-0.15, -0.1) is 0 Å². The van der Waals surface area contributed by atoms with Crippen LogP contribution < -0.4 is 21.1 Å². The molecule has 2 amide bonds. The van der Waals surface area contributed by atoms with E-state index in [1.54, 1.807) is 54.6 Å². The van der Waals surface area contributed by atoms with E-state index >= 15 is 0 Å². The quantitative estimate of drug-likeness (QED) is 0.241. The van der Waals surface area contributed by atoms with Gasteiger partial charge in [-0.25, -0.2) is 0 Å². The molecule has 0 radical (unpaired) electrons. The lowest BCUT2D eigenvalue weighted by Crippen LogP contribution is -2.27. The number of nitrogen functional groups attached to an aromatic ring is 1. The summed E-state index contributed by atoms with van der Waals surface area (Å²) in [6.45, 7) is 2.71. The van der Waals surface area contributed by atoms with E-state index in [0.29, 0.717) is 34.8 Å². The molecule has 7 nitrogen and oxygen atoms in total. The summed E-state index contributed by atoms with van der Waals surface area (Å²) in [4.78, 5) is 24.9. The number of nitrogens with one attached hydrogen (secondary N) is 2. The van der Waals surface area contributed by atoms with Gasteiger partial charge in [-0.3, -0.25) is 9.59 Å². The number of carbonyl (C=O) groups excluding carboxylic acids is 2. The third-order valence-corrected chi connectivity index (χ3v) is 5.38. The molecule has 0 saturated heterocycles. The molecule has 4 rings (SSSR count). The Bertz CT molecular complexity index is 1290. The normalized spacial score (nSPS) is 10.7. The molecule has 0 bridgehead atoms. The number of benzene rings is 3. The lowest BCUT2D eigenvalue weighted by molar-refractivity contribution is 0.0921. The summed E-state index contributed by atoms with van der Waals surface area (Å²) >= 11 is 0. The van der Waals surface area contributed by atoms with E-state index < -0.39 is 0 Å². The molecule has 7 heteroatoms. The molecule has 34 heavy (non-hydrogen) atoms. The molecule has 0 fully saturated rings. The zero-order valence-corrected chi connectivity index (χ0v) is 19.0. The van der Waals surface area contributed by atoms with Crippen LogP contribution >= 0.6 is 0 Å². The fraction of sp³-hybridized carbons (Fsp3) is 0.185. The second kappa shape index (κ2) is 10.6.